The molecule has 7 nitrogen and oxygen atoms in total. The van der Waals surface area contributed by atoms with E-state index in [1.807, 2.05) is 25.1 Å². The van der Waals surface area contributed by atoms with Crippen molar-refractivity contribution >= 4 is 29.4 Å². The predicted molar refractivity (Wildman–Crippen MR) is 104 cm³/mol. The summed E-state index contributed by atoms with van der Waals surface area (Å²) < 4.78 is 0. The zero-order valence-electron chi connectivity index (χ0n) is 15.3. The fourth-order valence-electron chi connectivity index (χ4n) is 2.52. The van der Waals surface area contributed by atoms with E-state index < -0.39 is 11.8 Å². The zero-order chi connectivity index (χ0) is 19.5. The number of nitrogens with zero attached hydrogens (tertiary/aromatic N) is 1. The van der Waals surface area contributed by atoms with E-state index >= 15 is 0 Å². The number of benzene rings is 1. The maximum Gasteiger partial charge on any atom is 0.316 e. The molecule has 1 atom stereocenters. The Kier molecular flexibility index (Phi) is 9.40. The van der Waals surface area contributed by atoms with E-state index in [9.17, 15) is 9.59 Å². The van der Waals surface area contributed by atoms with Crippen LogP contribution in [-0.4, -0.2) is 28.8 Å². The maximum atomic E-state index is 12.2. The van der Waals surface area contributed by atoms with Gasteiger partial charge in [-0.25, -0.2) is 4.98 Å². The Hall–Kier alpha value is -2.38. The van der Waals surface area contributed by atoms with E-state index in [4.69, 9.17) is 11.6 Å². The van der Waals surface area contributed by atoms with Crippen molar-refractivity contribution in [3.8, 4) is 0 Å². The molecule has 2 rings (SSSR count). The number of aromatic nitrogens is 2. The number of carbonyl (C=O) groups excluding carboxylic acids is 2. The van der Waals surface area contributed by atoms with Crippen LogP contribution in [0.25, 0.3) is 0 Å². The quantitative estimate of drug-likeness (QED) is 0.578. The van der Waals surface area contributed by atoms with Gasteiger partial charge in [-0.15, -0.1) is 0 Å². The van der Waals surface area contributed by atoms with Gasteiger partial charge >= 0.3 is 11.8 Å². The molecular weight excluding hydrogens is 354 g/mol. The lowest BCUT2D eigenvalue weighted by Gasteiger charge is -2.20. The molecule has 1 aromatic heterocycles. The minimum atomic E-state index is -0.785. The number of halogens is 1. The molecule has 0 radical (unpaired) electrons. The summed E-state index contributed by atoms with van der Waals surface area (Å²) in [5.41, 5.74) is 6.73. The normalized spacial score (nSPS) is 11.1. The topological polar surface area (TPSA) is 113 Å². The number of imidazole rings is 1. The van der Waals surface area contributed by atoms with Crippen molar-refractivity contribution in [1.29, 1.82) is 0 Å². The summed E-state index contributed by atoms with van der Waals surface area (Å²) in [5.74, 6) is -1.35. The molecule has 0 aliphatic heterocycles. The largest absolute Gasteiger partial charge is 0.341 e. The molecule has 1 heterocycles. The van der Waals surface area contributed by atoms with Gasteiger partial charge < -0.3 is 16.0 Å². The molecule has 0 aliphatic rings. The smallest absolute Gasteiger partial charge is 0.316 e. The highest BCUT2D eigenvalue weighted by atomic mass is 35.5. The fourth-order valence-corrected chi connectivity index (χ4v) is 2.66. The van der Waals surface area contributed by atoms with Crippen LogP contribution in [-0.2, 0) is 16.0 Å². The van der Waals surface area contributed by atoms with Crippen LogP contribution in [0.15, 0.2) is 30.5 Å². The lowest BCUT2D eigenvalue weighted by molar-refractivity contribution is -0.136. The molecule has 0 spiro atoms. The van der Waals surface area contributed by atoms with Gasteiger partial charge in [0.05, 0.1) is 12.2 Å². The molecule has 2 amide bonds. The van der Waals surface area contributed by atoms with Crippen molar-refractivity contribution in [2.75, 3.05) is 12.4 Å². The molecule has 5 N–H and O–H groups in total. The lowest BCUT2D eigenvalue weighted by Crippen LogP contribution is -2.38. The number of carbonyl (C=O) groups is 2. The van der Waals surface area contributed by atoms with Crippen LogP contribution < -0.4 is 16.4 Å². The molecule has 8 heteroatoms. The zero-order valence-corrected chi connectivity index (χ0v) is 16.1. The monoisotopic (exact) mass is 379 g/mol. The first-order chi connectivity index (χ1) is 12.5. The Morgan fingerprint density at radius 3 is 2.50 bits per heavy atom. The molecule has 0 fully saturated rings. The molecule has 0 saturated carbocycles. The molecule has 26 heavy (non-hydrogen) atoms. The lowest BCUT2D eigenvalue weighted by atomic mass is 9.95. The first kappa shape index (κ1) is 21.7. The van der Waals surface area contributed by atoms with Crippen LogP contribution in [0, 0.1) is 0 Å². The predicted octanol–water partition coefficient (Wildman–Crippen LogP) is 2.80. The van der Waals surface area contributed by atoms with Gasteiger partial charge in [0, 0.05) is 0 Å². The summed E-state index contributed by atoms with van der Waals surface area (Å²) in [6.07, 6.45) is 3.98. The van der Waals surface area contributed by atoms with Crippen LogP contribution in [0.1, 0.15) is 43.9 Å². The van der Waals surface area contributed by atoms with E-state index in [0.29, 0.717) is 6.42 Å². The number of hydrogen-bond acceptors (Lipinski definition) is 4. The van der Waals surface area contributed by atoms with Crippen LogP contribution in [0.4, 0.5) is 5.95 Å². The summed E-state index contributed by atoms with van der Waals surface area (Å²) in [4.78, 5) is 30.6. The molecule has 1 unspecified atom stereocenters. The molecule has 2 aromatic rings. The maximum absolute atomic E-state index is 12.2. The summed E-state index contributed by atoms with van der Waals surface area (Å²) in [7, 11) is 1.50. The average molecular weight is 380 g/mol. The molecule has 1 aromatic carbocycles. The van der Waals surface area contributed by atoms with Crippen LogP contribution in [0.3, 0.4) is 0 Å². The number of amides is 2. The Morgan fingerprint density at radius 2 is 1.92 bits per heavy atom. The SMILES string of the molecule is CCCc1ccccc1C(CC)NC(=O)C(=O)Nc1ncc(Cl)[nH]1.CN. The number of aryl methyl sites for hydroxylation is 1. The summed E-state index contributed by atoms with van der Waals surface area (Å²) >= 11 is 5.69. The van der Waals surface area contributed by atoms with Gasteiger partial charge in [-0.3, -0.25) is 14.9 Å². The van der Waals surface area contributed by atoms with E-state index in [1.54, 1.807) is 0 Å². The van der Waals surface area contributed by atoms with Gasteiger partial charge in [0.2, 0.25) is 5.95 Å². The third-order valence-electron chi connectivity index (χ3n) is 3.65. The first-order valence-electron chi connectivity index (χ1n) is 8.53. The second kappa shape index (κ2) is 11.3. The van der Waals surface area contributed by atoms with Crippen LogP contribution >= 0.6 is 11.6 Å². The second-order valence-electron chi connectivity index (χ2n) is 5.42. The van der Waals surface area contributed by atoms with Gasteiger partial charge in [-0.05, 0) is 31.0 Å². The minimum absolute atomic E-state index is 0.139. The number of aromatic amines is 1. The van der Waals surface area contributed by atoms with Crippen molar-refractivity contribution in [2.45, 2.75) is 39.2 Å². The van der Waals surface area contributed by atoms with Gasteiger partial charge in [0.1, 0.15) is 5.15 Å². The van der Waals surface area contributed by atoms with E-state index in [0.717, 1.165) is 18.4 Å². The van der Waals surface area contributed by atoms with Gasteiger partial charge in [-0.2, -0.15) is 0 Å². The molecule has 0 saturated heterocycles. The Labute approximate surface area is 158 Å². The minimum Gasteiger partial charge on any atom is -0.341 e. The second-order valence-corrected chi connectivity index (χ2v) is 5.82. The molecule has 142 valence electrons. The number of rotatable bonds is 6. The fraction of sp³-hybridized carbons (Fsp3) is 0.389. The van der Waals surface area contributed by atoms with Crippen molar-refractivity contribution in [1.82, 2.24) is 15.3 Å². The Bertz CT molecular complexity index is 717. The van der Waals surface area contributed by atoms with Crippen molar-refractivity contribution in [3.05, 3.63) is 46.7 Å². The van der Waals surface area contributed by atoms with Crippen LogP contribution in [0.5, 0.6) is 0 Å². The van der Waals surface area contributed by atoms with Crippen molar-refractivity contribution < 1.29 is 9.59 Å². The number of H-pyrrole nitrogens is 1. The summed E-state index contributed by atoms with van der Waals surface area (Å²) in [5, 5.41) is 5.45. The highest BCUT2D eigenvalue weighted by Gasteiger charge is 2.21. The van der Waals surface area contributed by atoms with Gasteiger partial charge in [0.15, 0.2) is 0 Å². The van der Waals surface area contributed by atoms with E-state index in [-0.39, 0.29) is 17.1 Å². The highest BCUT2D eigenvalue weighted by Crippen LogP contribution is 2.22. The average Bonchev–Trinajstić information content (AvgIpc) is 3.06. The van der Waals surface area contributed by atoms with Gasteiger partial charge in [-0.1, -0.05) is 56.1 Å². The Balaban J connectivity index is 0.00000163. The number of nitrogens with one attached hydrogen (secondary N) is 3. The summed E-state index contributed by atoms with van der Waals surface area (Å²) in [6.45, 7) is 4.08. The highest BCUT2D eigenvalue weighted by molar-refractivity contribution is 6.39. The van der Waals surface area contributed by atoms with Crippen molar-refractivity contribution in [2.24, 2.45) is 5.73 Å². The first-order valence-corrected chi connectivity index (χ1v) is 8.90. The van der Waals surface area contributed by atoms with E-state index in [1.165, 1.54) is 18.8 Å². The van der Waals surface area contributed by atoms with Gasteiger partial charge in [0.25, 0.3) is 0 Å². The van der Waals surface area contributed by atoms with Crippen molar-refractivity contribution in [3.63, 3.8) is 0 Å². The summed E-state index contributed by atoms with van der Waals surface area (Å²) in [6, 6.07) is 7.75. The number of nitrogens with two attached hydrogens (primary N) is 1. The van der Waals surface area contributed by atoms with Crippen LogP contribution in [0.2, 0.25) is 5.15 Å². The molecule has 0 aliphatic carbocycles. The Morgan fingerprint density at radius 1 is 1.23 bits per heavy atom. The third-order valence-corrected chi connectivity index (χ3v) is 3.84. The molecule has 0 bridgehead atoms. The number of hydrogen-bond donors (Lipinski definition) is 4. The standard InChI is InChI=1S/C17H21ClN4O2.CH5N/c1-3-7-11-8-5-6-9-12(11)13(4-2)20-15(23)16(24)22-17-19-10-14(18)21-17;1-2/h5-6,8-10,13H,3-4,7H2,1-2H3,(H,20,23)(H2,19,21,22,24);2H2,1H3. The number of anilines is 1. The third kappa shape index (κ3) is 6.16. The van der Waals surface area contributed by atoms with E-state index in [2.05, 4.69) is 39.3 Å². The molecular formula is C18H26ClN5O2.